The normalized spacial score (nSPS) is 18.5. The number of anilines is 1. The lowest BCUT2D eigenvalue weighted by molar-refractivity contribution is -0.132. The van der Waals surface area contributed by atoms with Crippen molar-refractivity contribution in [3.05, 3.63) is 23.9 Å². The molecule has 1 amide bonds. The van der Waals surface area contributed by atoms with Crippen molar-refractivity contribution in [3.8, 4) is 12.1 Å². The second kappa shape index (κ2) is 11.9. The Kier molecular flexibility index (Phi) is 9.85. The van der Waals surface area contributed by atoms with Crippen LogP contribution in [-0.4, -0.2) is 59.6 Å². The summed E-state index contributed by atoms with van der Waals surface area (Å²) in [5, 5.41) is 17.9. The number of rotatable bonds is 3. The van der Waals surface area contributed by atoms with E-state index in [4.69, 9.17) is 10.5 Å². The lowest BCUT2D eigenvalue weighted by Gasteiger charge is -2.23. The number of carbonyl (C=O) groups excluding carboxylic acids is 1. The standard InChI is InChI=1S/C16H18N6O.2C2H6/c17-8-13-3-4-15(19-10-13)21-7-6-20(12-21)11-16(23)22-5-1-2-14(22)9-18;2*1-2/h3-4,10,14H,1-2,5-7,11-12H2;2*1-2H3. The minimum absolute atomic E-state index is 0.0312. The molecule has 0 saturated carbocycles. The van der Waals surface area contributed by atoms with Crippen LogP contribution in [0.5, 0.6) is 0 Å². The molecule has 1 aromatic rings. The maximum Gasteiger partial charge on any atom is 0.237 e. The van der Waals surface area contributed by atoms with Gasteiger partial charge in [0, 0.05) is 25.8 Å². The van der Waals surface area contributed by atoms with E-state index < -0.39 is 0 Å². The molecule has 1 aromatic heterocycles. The molecule has 0 aromatic carbocycles. The molecule has 146 valence electrons. The third kappa shape index (κ3) is 5.94. The van der Waals surface area contributed by atoms with Gasteiger partial charge in [-0.05, 0) is 25.0 Å². The van der Waals surface area contributed by atoms with Gasteiger partial charge >= 0.3 is 0 Å². The number of amides is 1. The van der Waals surface area contributed by atoms with Gasteiger partial charge in [-0.15, -0.1) is 0 Å². The second-order valence-corrected chi connectivity index (χ2v) is 5.85. The first-order valence-electron chi connectivity index (χ1n) is 9.74. The lowest BCUT2D eigenvalue weighted by Crippen LogP contribution is -2.42. The molecule has 2 fully saturated rings. The van der Waals surface area contributed by atoms with Crippen LogP contribution in [0.2, 0.25) is 0 Å². The van der Waals surface area contributed by atoms with Gasteiger partial charge in [-0.3, -0.25) is 9.69 Å². The number of nitriles is 2. The molecule has 3 rings (SSSR count). The Bertz CT molecular complexity index is 661. The average molecular weight is 371 g/mol. The van der Waals surface area contributed by atoms with Crippen LogP contribution in [0.1, 0.15) is 46.1 Å². The van der Waals surface area contributed by atoms with E-state index in [1.54, 1.807) is 17.2 Å². The predicted molar refractivity (Wildman–Crippen MR) is 106 cm³/mol. The fraction of sp³-hybridized carbons (Fsp3) is 0.600. The number of aromatic nitrogens is 1. The zero-order chi connectivity index (χ0) is 20.2. The summed E-state index contributed by atoms with van der Waals surface area (Å²) < 4.78 is 0. The molecule has 7 heteroatoms. The minimum Gasteiger partial charge on any atom is -0.342 e. The van der Waals surface area contributed by atoms with Crippen LogP contribution in [0, 0.1) is 22.7 Å². The summed E-state index contributed by atoms with van der Waals surface area (Å²) in [6, 6.07) is 7.57. The van der Waals surface area contributed by atoms with E-state index in [1.165, 1.54) is 0 Å². The highest BCUT2D eigenvalue weighted by Gasteiger charge is 2.31. The van der Waals surface area contributed by atoms with Gasteiger partial charge in [0.1, 0.15) is 17.9 Å². The molecule has 2 saturated heterocycles. The largest absolute Gasteiger partial charge is 0.342 e. The Labute approximate surface area is 162 Å². The summed E-state index contributed by atoms with van der Waals surface area (Å²) in [7, 11) is 0. The highest BCUT2D eigenvalue weighted by atomic mass is 16.2. The van der Waals surface area contributed by atoms with Crippen molar-refractivity contribution in [2.75, 3.05) is 37.7 Å². The second-order valence-electron chi connectivity index (χ2n) is 5.85. The first kappa shape index (κ1) is 22.4. The van der Waals surface area contributed by atoms with Gasteiger partial charge in [-0.2, -0.15) is 10.5 Å². The molecule has 2 aliphatic heterocycles. The predicted octanol–water partition coefficient (Wildman–Crippen LogP) is 2.60. The number of nitrogens with zero attached hydrogens (tertiary/aromatic N) is 6. The van der Waals surface area contributed by atoms with Crippen LogP contribution in [0.3, 0.4) is 0 Å². The molecule has 0 spiro atoms. The smallest absolute Gasteiger partial charge is 0.237 e. The number of hydrogen-bond acceptors (Lipinski definition) is 6. The van der Waals surface area contributed by atoms with Crippen molar-refractivity contribution in [3.63, 3.8) is 0 Å². The van der Waals surface area contributed by atoms with Crippen molar-refractivity contribution >= 4 is 11.7 Å². The number of likely N-dealkylation sites (tertiary alicyclic amines) is 1. The van der Waals surface area contributed by atoms with Gasteiger partial charge in [-0.25, -0.2) is 4.98 Å². The monoisotopic (exact) mass is 370 g/mol. The Hall–Kier alpha value is -2.64. The lowest BCUT2D eigenvalue weighted by atomic mass is 10.2. The van der Waals surface area contributed by atoms with Gasteiger partial charge in [0.2, 0.25) is 5.91 Å². The molecule has 0 N–H and O–H groups in total. The zero-order valence-electron chi connectivity index (χ0n) is 16.9. The van der Waals surface area contributed by atoms with Crippen molar-refractivity contribution in [1.82, 2.24) is 14.8 Å². The Balaban J connectivity index is 0.000000855. The number of hydrogen-bond donors (Lipinski definition) is 0. The summed E-state index contributed by atoms with van der Waals surface area (Å²) in [5.41, 5.74) is 0.538. The van der Waals surface area contributed by atoms with Crippen LogP contribution in [0.15, 0.2) is 18.3 Å². The highest BCUT2D eigenvalue weighted by Crippen LogP contribution is 2.19. The van der Waals surface area contributed by atoms with Crippen LogP contribution in [0.25, 0.3) is 0 Å². The van der Waals surface area contributed by atoms with Crippen molar-refractivity contribution in [1.29, 1.82) is 10.5 Å². The van der Waals surface area contributed by atoms with E-state index in [2.05, 4.69) is 26.9 Å². The Morgan fingerprint density at radius 3 is 2.52 bits per heavy atom. The fourth-order valence-corrected chi connectivity index (χ4v) is 3.08. The molecule has 0 aliphatic carbocycles. The minimum atomic E-state index is -0.263. The summed E-state index contributed by atoms with van der Waals surface area (Å²) >= 11 is 0. The molecule has 7 nitrogen and oxygen atoms in total. The van der Waals surface area contributed by atoms with E-state index in [1.807, 2.05) is 33.8 Å². The van der Waals surface area contributed by atoms with Crippen molar-refractivity contribution in [2.45, 2.75) is 46.6 Å². The van der Waals surface area contributed by atoms with Gasteiger partial charge in [0.15, 0.2) is 0 Å². The molecule has 2 aliphatic rings. The third-order valence-corrected chi connectivity index (χ3v) is 4.34. The summed E-state index contributed by atoms with van der Waals surface area (Å²) in [6.07, 6.45) is 3.25. The van der Waals surface area contributed by atoms with Gasteiger partial charge in [0.25, 0.3) is 0 Å². The quantitative estimate of drug-likeness (QED) is 0.813. The van der Waals surface area contributed by atoms with Gasteiger partial charge < -0.3 is 9.80 Å². The molecule has 27 heavy (non-hydrogen) atoms. The fourth-order valence-electron chi connectivity index (χ4n) is 3.08. The van der Waals surface area contributed by atoms with E-state index >= 15 is 0 Å². The summed E-state index contributed by atoms with van der Waals surface area (Å²) in [4.78, 5) is 22.5. The van der Waals surface area contributed by atoms with E-state index in [0.717, 1.165) is 31.7 Å². The van der Waals surface area contributed by atoms with E-state index in [-0.39, 0.29) is 11.9 Å². The maximum atomic E-state index is 12.4. The average Bonchev–Trinajstić information content (AvgIpc) is 3.40. The summed E-state index contributed by atoms with van der Waals surface area (Å²) in [6.45, 7) is 11.2. The SMILES string of the molecule is CC.CC.N#Cc1ccc(N2CCN(CC(=O)N3CCCC3C#N)C2)nc1. The first-order valence-corrected chi connectivity index (χ1v) is 9.74. The highest BCUT2D eigenvalue weighted by molar-refractivity contribution is 5.79. The topological polar surface area (TPSA) is 87.3 Å². The Morgan fingerprint density at radius 1 is 1.19 bits per heavy atom. The van der Waals surface area contributed by atoms with Gasteiger partial charge in [0.05, 0.1) is 24.8 Å². The molecule has 3 heterocycles. The molecule has 0 radical (unpaired) electrons. The first-order chi connectivity index (χ1) is 13.2. The van der Waals surface area contributed by atoms with Crippen molar-refractivity contribution < 1.29 is 4.79 Å². The number of carbonyl (C=O) groups is 1. The summed E-state index contributed by atoms with van der Waals surface area (Å²) in [5.74, 6) is 0.846. The van der Waals surface area contributed by atoms with Crippen LogP contribution >= 0.6 is 0 Å². The van der Waals surface area contributed by atoms with E-state index in [0.29, 0.717) is 25.3 Å². The maximum absolute atomic E-state index is 12.4. The van der Waals surface area contributed by atoms with Gasteiger partial charge in [-0.1, -0.05) is 27.7 Å². The molecular formula is C20H30N6O. The van der Waals surface area contributed by atoms with E-state index in [9.17, 15) is 4.79 Å². The molecular weight excluding hydrogens is 340 g/mol. The number of pyridine rings is 1. The molecule has 1 unspecified atom stereocenters. The van der Waals surface area contributed by atoms with Crippen LogP contribution < -0.4 is 4.90 Å². The Morgan fingerprint density at radius 2 is 1.93 bits per heavy atom. The van der Waals surface area contributed by atoms with Crippen LogP contribution in [0.4, 0.5) is 5.82 Å². The molecule has 1 atom stereocenters. The van der Waals surface area contributed by atoms with Crippen LogP contribution in [-0.2, 0) is 4.79 Å². The third-order valence-electron chi connectivity index (χ3n) is 4.34. The van der Waals surface area contributed by atoms with Crippen molar-refractivity contribution in [2.24, 2.45) is 0 Å². The zero-order valence-corrected chi connectivity index (χ0v) is 16.9. The molecule has 0 bridgehead atoms.